The Bertz CT molecular complexity index is 823. The summed E-state index contributed by atoms with van der Waals surface area (Å²) in [6.45, 7) is 4.09. The molecule has 1 heterocycles. The lowest BCUT2D eigenvalue weighted by Gasteiger charge is -2.35. The normalized spacial score (nSPS) is 13.9. The number of hydrogen-bond donors (Lipinski definition) is 4. The van der Waals surface area contributed by atoms with Crippen molar-refractivity contribution in [3.63, 3.8) is 0 Å². The topological polar surface area (TPSA) is 99.5 Å². The van der Waals surface area contributed by atoms with Gasteiger partial charge in [0.05, 0.1) is 11.4 Å². The van der Waals surface area contributed by atoms with Gasteiger partial charge < -0.3 is 15.5 Å². The molecule has 5 N–H and O–H groups in total. The van der Waals surface area contributed by atoms with Gasteiger partial charge in [-0.05, 0) is 49.4 Å². The van der Waals surface area contributed by atoms with Crippen molar-refractivity contribution in [1.29, 1.82) is 0 Å². The van der Waals surface area contributed by atoms with Gasteiger partial charge in [-0.15, -0.1) is 12.4 Å². The Morgan fingerprint density at radius 1 is 1.10 bits per heavy atom. The molecule has 7 nitrogen and oxygen atoms in total. The van der Waals surface area contributed by atoms with Gasteiger partial charge >= 0.3 is 6.03 Å². The van der Waals surface area contributed by atoms with Crippen molar-refractivity contribution in [2.24, 2.45) is 5.84 Å². The lowest BCUT2D eigenvalue weighted by Crippen LogP contribution is -2.35. The summed E-state index contributed by atoms with van der Waals surface area (Å²) >= 11 is 0. The minimum Gasteiger partial charge on any atom is -0.370 e. The van der Waals surface area contributed by atoms with Gasteiger partial charge in [-0.3, -0.25) is 10.2 Å². The second-order valence-corrected chi connectivity index (χ2v) is 6.86. The second-order valence-electron chi connectivity index (χ2n) is 6.86. The quantitative estimate of drug-likeness (QED) is 0.341. The zero-order valence-corrected chi connectivity index (χ0v) is 17.3. The molecule has 2 aromatic rings. The first-order valence-electron chi connectivity index (χ1n) is 9.62. The number of carbonyl (C=O) groups excluding carboxylic acids is 2. The highest BCUT2D eigenvalue weighted by Gasteiger charge is 2.23. The fraction of sp³-hybridized carbons (Fsp3) is 0.333. The summed E-state index contributed by atoms with van der Waals surface area (Å²) in [6.07, 6.45) is 2.02. The summed E-state index contributed by atoms with van der Waals surface area (Å²) in [6, 6.07) is 15.5. The molecule has 0 aromatic heterocycles. The smallest absolute Gasteiger partial charge is 0.319 e. The number of benzene rings is 2. The van der Waals surface area contributed by atoms with Gasteiger partial charge in [-0.25, -0.2) is 10.6 Å². The van der Waals surface area contributed by atoms with Gasteiger partial charge in [-0.1, -0.05) is 30.3 Å². The van der Waals surface area contributed by atoms with Gasteiger partial charge in [0, 0.05) is 25.2 Å². The number of halogens is 1. The van der Waals surface area contributed by atoms with Crippen molar-refractivity contribution < 1.29 is 9.59 Å². The van der Waals surface area contributed by atoms with Crippen LogP contribution in [0.5, 0.6) is 0 Å². The first kappa shape index (κ1) is 22.5. The lowest BCUT2D eigenvalue weighted by molar-refractivity contribution is 0.0953. The summed E-state index contributed by atoms with van der Waals surface area (Å²) < 4.78 is 0. The third-order valence-electron chi connectivity index (χ3n) is 5.08. The predicted octanol–water partition coefficient (Wildman–Crippen LogP) is 3.24. The number of amides is 3. The molecule has 1 aliphatic rings. The van der Waals surface area contributed by atoms with Crippen LogP contribution < -0.4 is 26.8 Å². The van der Waals surface area contributed by atoms with Crippen molar-refractivity contribution in [1.82, 2.24) is 10.7 Å². The number of urea groups is 1. The van der Waals surface area contributed by atoms with Crippen molar-refractivity contribution in [2.45, 2.75) is 25.7 Å². The Hall–Kier alpha value is -2.77. The molecule has 3 rings (SSSR count). The van der Waals surface area contributed by atoms with E-state index in [4.69, 9.17) is 5.84 Å². The van der Waals surface area contributed by atoms with Crippen LogP contribution in [0.1, 0.15) is 41.6 Å². The fourth-order valence-electron chi connectivity index (χ4n) is 3.63. The number of nitrogens with two attached hydrogens (primary N) is 1. The Kier molecular flexibility index (Phi) is 8.30. The molecular weight excluding hydrogens is 390 g/mol. The van der Waals surface area contributed by atoms with Crippen LogP contribution in [-0.2, 0) is 0 Å². The van der Waals surface area contributed by atoms with E-state index < -0.39 is 0 Å². The van der Waals surface area contributed by atoms with Crippen LogP contribution in [0.3, 0.4) is 0 Å². The number of nitrogen functional groups attached to an aromatic ring is 1. The molecule has 0 radical (unpaired) electrons. The number of hydrogen-bond acceptors (Lipinski definition) is 4. The maximum atomic E-state index is 12.0. The predicted molar refractivity (Wildman–Crippen MR) is 119 cm³/mol. The van der Waals surface area contributed by atoms with Crippen LogP contribution in [0.15, 0.2) is 48.5 Å². The number of nitrogens with zero attached hydrogens (tertiary/aromatic N) is 1. The SMILES string of the molecule is CCNC(=O)Nc1ccc(C(=O)NN)cc1N1CCC(c2ccccc2)CC1.Cl. The van der Waals surface area contributed by atoms with E-state index in [1.165, 1.54) is 5.56 Å². The van der Waals surface area contributed by atoms with Crippen LogP contribution >= 0.6 is 12.4 Å². The van der Waals surface area contributed by atoms with E-state index in [1.807, 2.05) is 13.0 Å². The molecule has 2 aromatic carbocycles. The van der Waals surface area contributed by atoms with Crippen LogP contribution in [0.25, 0.3) is 0 Å². The fourth-order valence-corrected chi connectivity index (χ4v) is 3.63. The molecule has 0 atom stereocenters. The molecule has 0 unspecified atom stereocenters. The van der Waals surface area contributed by atoms with Gasteiger partial charge in [0.25, 0.3) is 5.91 Å². The summed E-state index contributed by atoms with van der Waals surface area (Å²) in [5.74, 6) is 5.45. The zero-order chi connectivity index (χ0) is 19.9. The van der Waals surface area contributed by atoms with Crippen molar-refractivity contribution in [3.05, 3.63) is 59.7 Å². The van der Waals surface area contributed by atoms with Gasteiger partial charge in [0.2, 0.25) is 0 Å². The first-order chi connectivity index (χ1) is 13.6. The van der Waals surface area contributed by atoms with Gasteiger partial charge in [0.1, 0.15) is 0 Å². The number of hydrazine groups is 1. The van der Waals surface area contributed by atoms with Crippen molar-refractivity contribution in [2.75, 3.05) is 29.9 Å². The largest absolute Gasteiger partial charge is 0.370 e. The summed E-state index contributed by atoms with van der Waals surface area (Å²) in [4.78, 5) is 26.2. The van der Waals surface area contributed by atoms with Crippen LogP contribution in [0.2, 0.25) is 0 Å². The number of piperidine rings is 1. The lowest BCUT2D eigenvalue weighted by atomic mass is 9.89. The number of rotatable bonds is 5. The van der Waals surface area contributed by atoms with E-state index in [-0.39, 0.29) is 24.3 Å². The van der Waals surface area contributed by atoms with Crippen LogP contribution in [0, 0.1) is 0 Å². The third-order valence-corrected chi connectivity index (χ3v) is 5.08. The monoisotopic (exact) mass is 417 g/mol. The third kappa shape index (κ3) is 5.62. The average Bonchev–Trinajstić information content (AvgIpc) is 2.74. The minimum atomic E-state index is -0.356. The average molecular weight is 418 g/mol. The highest BCUT2D eigenvalue weighted by atomic mass is 35.5. The molecule has 1 aliphatic heterocycles. The summed E-state index contributed by atoms with van der Waals surface area (Å²) in [5, 5.41) is 5.61. The van der Waals surface area contributed by atoms with Crippen molar-refractivity contribution in [3.8, 4) is 0 Å². The molecule has 3 amide bonds. The second kappa shape index (κ2) is 10.7. The molecule has 0 bridgehead atoms. The molecule has 0 saturated carbocycles. The Morgan fingerprint density at radius 2 is 1.79 bits per heavy atom. The van der Waals surface area contributed by atoms with Crippen molar-refractivity contribution >= 4 is 35.7 Å². The number of anilines is 2. The standard InChI is InChI=1S/C21H27N5O2.ClH/c1-2-23-21(28)24-18-9-8-17(20(27)25-22)14-19(18)26-12-10-16(11-13-26)15-6-4-3-5-7-15;/h3-9,14,16H,2,10-13,22H2,1H3,(H,25,27)(H2,23,24,28);1H. The maximum Gasteiger partial charge on any atom is 0.319 e. The highest BCUT2D eigenvalue weighted by Crippen LogP contribution is 2.34. The van der Waals surface area contributed by atoms with Crippen LogP contribution in [0.4, 0.5) is 16.2 Å². The van der Waals surface area contributed by atoms with Crippen LogP contribution in [-0.4, -0.2) is 31.6 Å². The Labute approximate surface area is 177 Å². The number of carbonyl (C=O) groups is 2. The molecule has 0 spiro atoms. The molecule has 8 heteroatoms. The summed E-state index contributed by atoms with van der Waals surface area (Å²) in [5.41, 5.74) is 5.50. The molecule has 156 valence electrons. The molecule has 29 heavy (non-hydrogen) atoms. The molecule has 1 fully saturated rings. The molecular formula is C21H28ClN5O2. The van der Waals surface area contributed by atoms with E-state index in [9.17, 15) is 9.59 Å². The zero-order valence-electron chi connectivity index (χ0n) is 16.5. The Morgan fingerprint density at radius 3 is 2.41 bits per heavy atom. The molecule has 0 aliphatic carbocycles. The van der Waals surface area contributed by atoms with E-state index >= 15 is 0 Å². The van der Waals surface area contributed by atoms with Gasteiger partial charge in [0.15, 0.2) is 0 Å². The number of nitrogens with one attached hydrogen (secondary N) is 3. The van der Waals surface area contributed by atoms with E-state index in [0.717, 1.165) is 31.6 Å². The first-order valence-corrected chi connectivity index (χ1v) is 9.62. The van der Waals surface area contributed by atoms with E-state index in [2.05, 4.69) is 45.2 Å². The summed E-state index contributed by atoms with van der Waals surface area (Å²) in [7, 11) is 0. The minimum absolute atomic E-state index is 0. The Balaban J connectivity index is 0.00000300. The van der Waals surface area contributed by atoms with E-state index in [0.29, 0.717) is 23.7 Å². The highest BCUT2D eigenvalue weighted by molar-refractivity contribution is 5.98. The van der Waals surface area contributed by atoms with E-state index in [1.54, 1.807) is 18.2 Å². The molecule has 1 saturated heterocycles. The maximum absolute atomic E-state index is 12.0. The van der Waals surface area contributed by atoms with Gasteiger partial charge in [-0.2, -0.15) is 0 Å².